The smallest absolute Gasteiger partial charge is 0.236 e. The fourth-order valence-corrected chi connectivity index (χ4v) is 3.59. The van der Waals surface area contributed by atoms with Gasteiger partial charge in [0.1, 0.15) is 5.82 Å². The first-order chi connectivity index (χ1) is 11.7. The predicted molar refractivity (Wildman–Crippen MR) is 93.7 cm³/mol. The lowest BCUT2D eigenvalue weighted by atomic mass is 10.1. The average molecular weight is 334 g/mol. The summed E-state index contributed by atoms with van der Waals surface area (Å²) in [6.45, 7) is 5.57. The van der Waals surface area contributed by atoms with E-state index in [0.29, 0.717) is 12.6 Å². The van der Waals surface area contributed by atoms with Crippen LogP contribution in [0.15, 0.2) is 24.3 Å². The van der Waals surface area contributed by atoms with E-state index in [1.54, 1.807) is 12.1 Å². The highest BCUT2D eigenvalue weighted by atomic mass is 19.1. The van der Waals surface area contributed by atoms with Gasteiger partial charge in [-0.1, -0.05) is 0 Å². The van der Waals surface area contributed by atoms with Gasteiger partial charge in [0, 0.05) is 44.5 Å². The van der Waals surface area contributed by atoms with Gasteiger partial charge >= 0.3 is 0 Å². The van der Waals surface area contributed by atoms with E-state index in [1.807, 2.05) is 11.9 Å². The van der Waals surface area contributed by atoms with Crippen LogP contribution in [-0.2, 0) is 4.79 Å². The molecule has 2 fully saturated rings. The Bertz CT molecular complexity index is 542. The third-order valence-electron chi connectivity index (χ3n) is 5.10. The molecular formula is C18H27FN4O. The van der Waals surface area contributed by atoms with Crippen molar-refractivity contribution >= 4 is 11.6 Å². The van der Waals surface area contributed by atoms with Crippen LogP contribution in [0.2, 0.25) is 0 Å². The number of hydrogen-bond acceptors (Lipinski definition) is 4. The summed E-state index contributed by atoms with van der Waals surface area (Å²) in [5, 5.41) is 3.31. The molecular weight excluding hydrogens is 307 g/mol. The van der Waals surface area contributed by atoms with Crippen molar-refractivity contribution in [1.29, 1.82) is 0 Å². The largest absolute Gasteiger partial charge is 0.368 e. The SMILES string of the molecule is CNC1CCCN(CC(=O)N2CCN(c3ccc(F)cc3)CC2)C1. The van der Waals surface area contributed by atoms with Crippen molar-refractivity contribution in [3.8, 4) is 0 Å². The molecule has 1 N–H and O–H groups in total. The maximum Gasteiger partial charge on any atom is 0.236 e. The Morgan fingerprint density at radius 1 is 1.17 bits per heavy atom. The van der Waals surface area contributed by atoms with Gasteiger partial charge in [-0.25, -0.2) is 4.39 Å². The lowest BCUT2D eigenvalue weighted by Gasteiger charge is -2.38. The van der Waals surface area contributed by atoms with E-state index in [2.05, 4.69) is 15.1 Å². The summed E-state index contributed by atoms with van der Waals surface area (Å²) < 4.78 is 13.0. The standard InChI is InChI=1S/C18H27FN4O/c1-20-16-3-2-8-21(13-16)14-18(24)23-11-9-22(10-12-23)17-6-4-15(19)5-7-17/h4-7,16,20H,2-3,8-14H2,1H3. The minimum absolute atomic E-state index is 0.214. The molecule has 0 aromatic heterocycles. The van der Waals surface area contributed by atoms with Crippen LogP contribution in [0.1, 0.15) is 12.8 Å². The third-order valence-corrected chi connectivity index (χ3v) is 5.10. The molecule has 1 aromatic rings. The molecule has 6 heteroatoms. The Hall–Kier alpha value is -1.66. The zero-order chi connectivity index (χ0) is 16.9. The minimum atomic E-state index is -0.214. The Balaban J connectivity index is 1.47. The average Bonchev–Trinajstić information content (AvgIpc) is 2.62. The molecule has 132 valence electrons. The maximum absolute atomic E-state index is 13.0. The number of nitrogens with zero attached hydrogens (tertiary/aromatic N) is 3. The second kappa shape index (κ2) is 7.94. The molecule has 0 bridgehead atoms. The number of rotatable bonds is 4. The van der Waals surface area contributed by atoms with Gasteiger partial charge in [-0.05, 0) is 50.7 Å². The minimum Gasteiger partial charge on any atom is -0.368 e. The lowest BCUT2D eigenvalue weighted by molar-refractivity contribution is -0.133. The number of likely N-dealkylation sites (tertiary alicyclic amines) is 1. The first-order valence-corrected chi connectivity index (χ1v) is 8.83. The van der Waals surface area contributed by atoms with Crippen LogP contribution in [0.25, 0.3) is 0 Å². The van der Waals surface area contributed by atoms with E-state index in [1.165, 1.54) is 18.6 Å². The second-order valence-corrected chi connectivity index (χ2v) is 6.71. The van der Waals surface area contributed by atoms with Crippen LogP contribution < -0.4 is 10.2 Å². The molecule has 2 aliphatic heterocycles. The predicted octanol–water partition coefficient (Wildman–Crippen LogP) is 1.16. The normalized spacial score (nSPS) is 22.7. The van der Waals surface area contributed by atoms with Crippen molar-refractivity contribution in [2.24, 2.45) is 0 Å². The van der Waals surface area contributed by atoms with Crippen molar-refractivity contribution in [2.45, 2.75) is 18.9 Å². The molecule has 0 aliphatic carbocycles. The van der Waals surface area contributed by atoms with Gasteiger partial charge in [-0.3, -0.25) is 9.69 Å². The van der Waals surface area contributed by atoms with Gasteiger partial charge in [0.05, 0.1) is 6.54 Å². The quantitative estimate of drug-likeness (QED) is 0.897. The number of halogens is 1. The van der Waals surface area contributed by atoms with Crippen LogP contribution in [0.3, 0.4) is 0 Å². The Labute approximate surface area is 143 Å². The number of anilines is 1. The number of benzene rings is 1. The number of carbonyl (C=O) groups excluding carboxylic acids is 1. The van der Waals surface area contributed by atoms with E-state index in [9.17, 15) is 9.18 Å². The fraction of sp³-hybridized carbons (Fsp3) is 0.611. The number of carbonyl (C=O) groups is 1. The zero-order valence-electron chi connectivity index (χ0n) is 14.4. The third kappa shape index (κ3) is 4.24. The zero-order valence-corrected chi connectivity index (χ0v) is 14.4. The number of piperazine rings is 1. The number of piperidine rings is 1. The van der Waals surface area contributed by atoms with Crippen LogP contribution in [0, 0.1) is 5.82 Å². The number of hydrogen-bond donors (Lipinski definition) is 1. The Kier molecular flexibility index (Phi) is 5.68. The highest BCUT2D eigenvalue weighted by molar-refractivity contribution is 5.78. The second-order valence-electron chi connectivity index (χ2n) is 6.71. The van der Waals surface area contributed by atoms with E-state index in [0.717, 1.165) is 51.4 Å². The summed E-state index contributed by atoms with van der Waals surface area (Å²) in [7, 11) is 1.99. The summed E-state index contributed by atoms with van der Waals surface area (Å²) in [5.74, 6) is 0.0134. The van der Waals surface area contributed by atoms with Crippen molar-refractivity contribution in [3.05, 3.63) is 30.1 Å². The molecule has 0 radical (unpaired) electrons. The summed E-state index contributed by atoms with van der Waals surface area (Å²) in [6.07, 6.45) is 2.34. The van der Waals surface area contributed by atoms with Gasteiger partial charge < -0.3 is 15.1 Å². The molecule has 24 heavy (non-hydrogen) atoms. The number of nitrogens with one attached hydrogen (secondary N) is 1. The highest BCUT2D eigenvalue weighted by Crippen LogP contribution is 2.17. The summed E-state index contributed by atoms with van der Waals surface area (Å²) in [6, 6.07) is 7.08. The topological polar surface area (TPSA) is 38.8 Å². The van der Waals surface area contributed by atoms with Gasteiger partial charge in [-0.15, -0.1) is 0 Å². The van der Waals surface area contributed by atoms with E-state index in [-0.39, 0.29) is 11.7 Å². The highest BCUT2D eigenvalue weighted by Gasteiger charge is 2.25. The molecule has 1 atom stereocenters. The van der Waals surface area contributed by atoms with E-state index in [4.69, 9.17) is 0 Å². The number of amides is 1. The molecule has 2 aliphatic rings. The molecule has 2 heterocycles. The monoisotopic (exact) mass is 334 g/mol. The van der Waals surface area contributed by atoms with Gasteiger partial charge in [-0.2, -0.15) is 0 Å². The van der Waals surface area contributed by atoms with Gasteiger partial charge in [0.25, 0.3) is 0 Å². The summed E-state index contributed by atoms with van der Waals surface area (Å²) in [5.41, 5.74) is 1.02. The molecule has 1 unspecified atom stereocenters. The molecule has 3 rings (SSSR count). The van der Waals surface area contributed by atoms with Crippen molar-refractivity contribution in [1.82, 2.24) is 15.1 Å². The molecule has 2 saturated heterocycles. The maximum atomic E-state index is 13.0. The number of likely N-dealkylation sites (N-methyl/N-ethyl adjacent to an activating group) is 1. The van der Waals surface area contributed by atoms with E-state index < -0.39 is 0 Å². The van der Waals surface area contributed by atoms with Crippen LogP contribution in [0.5, 0.6) is 0 Å². The first-order valence-electron chi connectivity index (χ1n) is 8.83. The van der Waals surface area contributed by atoms with Crippen LogP contribution in [0.4, 0.5) is 10.1 Å². The van der Waals surface area contributed by atoms with Crippen molar-refractivity contribution in [2.75, 3.05) is 57.8 Å². The van der Waals surface area contributed by atoms with Crippen LogP contribution >= 0.6 is 0 Å². The Morgan fingerprint density at radius 3 is 2.54 bits per heavy atom. The molecule has 0 saturated carbocycles. The molecule has 0 spiro atoms. The molecule has 1 aromatic carbocycles. The van der Waals surface area contributed by atoms with Crippen molar-refractivity contribution < 1.29 is 9.18 Å². The summed E-state index contributed by atoms with van der Waals surface area (Å²) in [4.78, 5) is 19.0. The van der Waals surface area contributed by atoms with E-state index >= 15 is 0 Å². The molecule has 1 amide bonds. The summed E-state index contributed by atoms with van der Waals surface area (Å²) >= 11 is 0. The first kappa shape index (κ1) is 17.2. The Morgan fingerprint density at radius 2 is 1.88 bits per heavy atom. The van der Waals surface area contributed by atoms with Gasteiger partial charge in [0.2, 0.25) is 5.91 Å². The van der Waals surface area contributed by atoms with Crippen molar-refractivity contribution in [3.63, 3.8) is 0 Å². The van der Waals surface area contributed by atoms with Gasteiger partial charge in [0.15, 0.2) is 0 Å². The fourth-order valence-electron chi connectivity index (χ4n) is 3.59. The van der Waals surface area contributed by atoms with Crippen LogP contribution in [-0.4, -0.2) is 74.6 Å². The molecule has 5 nitrogen and oxygen atoms in total. The lowest BCUT2D eigenvalue weighted by Crippen LogP contribution is -2.53.